The lowest BCUT2D eigenvalue weighted by Crippen LogP contribution is -2.44. The van der Waals surface area contributed by atoms with Gasteiger partial charge in [0, 0.05) is 0 Å². The van der Waals surface area contributed by atoms with Crippen LogP contribution in [0.25, 0.3) is 0 Å². The Balaban J connectivity index is 1.77. The van der Waals surface area contributed by atoms with E-state index in [0.717, 1.165) is 11.1 Å². The minimum Gasteiger partial charge on any atom is -0.490 e. The molecule has 3 rings (SSSR count). The number of hydrogen-bond acceptors (Lipinski definition) is 3. The molecular formula is C24H24N2O3. The van der Waals surface area contributed by atoms with Crippen molar-refractivity contribution in [1.82, 2.24) is 10.9 Å². The van der Waals surface area contributed by atoms with Gasteiger partial charge in [-0.25, -0.2) is 0 Å². The summed E-state index contributed by atoms with van der Waals surface area (Å²) in [6.45, 7) is 3.78. The summed E-state index contributed by atoms with van der Waals surface area (Å²) in [4.78, 5) is 25.6. The molecule has 0 bridgehead atoms. The SMILES string of the molecule is CC(C)Oc1ccccc1C(=O)NNC(=O)C(c1ccccc1)c1ccccc1. The molecule has 3 aromatic rings. The van der Waals surface area contributed by atoms with Crippen LogP contribution in [0.4, 0.5) is 0 Å². The third-order valence-electron chi connectivity index (χ3n) is 4.32. The molecule has 29 heavy (non-hydrogen) atoms. The van der Waals surface area contributed by atoms with Gasteiger partial charge in [0.2, 0.25) is 5.91 Å². The highest BCUT2D eigenvalue weighted by atomic mass is 16.5. The quantitative estimate of drug-likeness (QED) is 0.626. The molecule has 0 saturated carbocycles. The zero-order valence-electron chi connectivity index (χ0n) is 16.5. The lowest BCUT2D eigenvalue weighted by molar-refractivity contribution is -0.122. The third-order valence-corrected chi connectivity index (χ3v) is 4.32. The molecule has 5 heteroatoms. The summed E-state index contributed by atoms with van der Waals surface area (Å²) in [7, 11) is 0. The van der Waals surface area contributed by atoms with Gasteiger partial charge in [-0.05, 0) is 37.1 Å². The minimum absolute atomic E-state index is 0.0703. The smallest absolute Gasteiger partial charge is 0.273 e. The van der Waals surface area contributed by atoms with Gasteiger partial charge in [-0.2, -0.15) is 0 Å². The van der Waals surface area contributed by atoms with Gasteiger partial charge in [0.1, 0.15) is 5.75 Å². The van der Waals surface area contributed by atoms with E-state index in [-0.39, 0.29) is 12.0 Å². The normalized spacial score (nSPS) is 10.6. The predicted molar refractivity (Wildman–Crippen MR) is 113 cm³/mol. The highest BCUT2D eigenvalue weighted by Gasteiger charge is 2.23. The van der Waals surface area contributed by atoms with E-state index in [2.05, 4.69) is 10.9 Å². The van der Waals surface area contributed by atoms with Crippen molar-refractivity contribution in [3.8, 4) is 5.75 Å². The molecule has 0 atom stereocenters. The molecule has 0 radical (unpaired) electrons. The molecule has 0 saturated heterocycles. The molecule has 0 aromatic heterocycles. The van der Waals surface area contributed by atoms with Crippen molar-refractivity contribution < 1.29 is 14.3 Å². The molecule has 148 valence electrons. The molecule has 0 aliphatic rings. The number of rotatable bonds is 6. The monoisotopic (exact) mass is 388 g/mol. The first-order valence-electron chi connectivity index (χ1n) is 9.52. The minimum atomic E-state index is -0.542. The Kier molecular flexibility index (Phi) is 6.63. The average molecular weight is 388 g/mol. The van der Waals surface area contributed by atoms with Gasteiger partial charge < -0.3 is 4.74 Å². The van der Waals surface area contributed by atoms with Crippen LogP contribution in [-0.2, 0) is 4.79 Å². The maximum absolute atomic E-state index is 13.0. The Hall–Kier alpha value is -3.60. The summed E-state index contributed by atoms with van der Waals surface area (Å²) in [6.07, 6.45) is -0.0703. The van der Waals surface area contributed by atoms with Crippen LogP contribution in [0.5, 0.6) is 5.75 Å². The Labute approximate surface area is 170 Å². The molecule has 5 nitrogen and oxygen atoms in total. The van der Waals surface area contributed by atoms with Gasteiger partial charge in [0.15, 0.2) is 0 Å². The standard InChI is InChI=1S/C24H24N2O3/c1-17(2)29-21-16-10-9-15-20(21)23(27)25-26-24(28)22(18-11-5-3-6-12-18)19-13-7-4-8-14-19/h3-17,22H,1-2H3,(H,25,27)(H,26,28). The molecule has 3 aromatic carbocycles. The van der Waals surface area contributed by atoms with Gasteiger partial charge in [0.05, 0.1) is 17.6 Å². The van der Waals surface area contributed by atoms with Crippen LogP contribution in [0.2, 0.25) is 0 Å². The van der Waals surface area contributed by atoms with E-state index in [1.807, 2.05) is 74.5 Å². The Morgan fingerprint density at radius 1 is 0.724 bits per heavy atom. The van der Waals surface area contributed by atoms with Crippen molar-refractivity contribution in [2.75, 3.05) is 0 Å². The van der Waals surface area contributed by atoms with E-state index in [0.29, 0.717) is 11.3 Å². The van der Waals surface area contributed by atoms with E-state index in [4.69, 9.17) is 4.74 Å². The molecule has 2 N–H and O–H groups in total. The maximum atomic E-state index is 13.0. The fourth-order valence-electron chi connectivity index (χ4n) is 3.05. The summed E-state index contributed by atoms with van der Waals surface area (Å²) in [6, 6.07) is 25.9. The lowest BCUT2D eigenvalue weighted by Gasteiger charge is -2.19. The molecular weight excluding hydrogens is 364 g/mol. The number of hydrogen-bond donors (Lipinski definition) is 2. The largest absolute Gasteiger partial charge is 0.490 e. The first-order valence-corrected chi connectivity index (χ1v) is 9.52. The number of carbonyl (C=O) groups excluding carboxylic acids is 2. The molecule has 2 amide bonds. The number of nitrogens with one attached hydrogen (secondary N) is 2. The number of ether oxygens (including phenoxy) is 1. The summed E-state index contributed by atoms with van der Waals surface area (Å²) in [5.41, 5.74) is 7.12. The van der Waals surface area contributed by atoms with Crippen LogP contribution in [0.1, 0.15) is 41.3 Å². The third kappa shape index (κ3) is 5.23. The maximum Gasteiger partial charge on any atom is 0.273 e. The summed E-state index contributed by atoms with van der Waals surface area (Å²) >= 11 is 0. The number of benzene rings is 3. The second kappa shape index (κ2) is 9.55. The lowest BCUT2D eigenvalue weighted by atomic mass is 9.91. The van der Waals surface area contributed by atoms with Gasteiger partial charge in [-0.3, -0.25) is 20.4 Å². The number of amides is 2. The highest BCUT2D eigenvalue weighted by Crippen LogP contribution is 2.24. The fourth-order valence-corrected chi connectivity index (χ4v) is 3.05. The van der Waals surface area contributed by atoms with Crippen LogP contribution < -0.4 is 15.6 Å². The van der Waals surface area contributed by atoms with E-state index < -0.39 is 11.8 Å². The Morgan fingerprint density at radius 2 is 1.24 bits per heavy atom. The van der Waals surface area contributed by atoms with Crippen molar-refractivity contribution in [2.45, 2.75) is 25.9 Å². The van der Waals surface area contributed by atoms with Crippen molar-refractivity contribution in [3.05, 3.63) is 102 Å². The predicted octanol–water partition coefficient (Wildman–Crippen LogP) is 4.07. The van der Waals surface area contributed by atoms with Crippen molar-refractivity contribution in [2.24, 2.45) is 0 Å². The topological polar surface area (TPSA) is 67.4 Å². The molecule has 0 aliphatic carbocycles. The summed E-state index contributed by atoms with van der Waals surface area (Å²) in [5.74, 6) is -0.829. The average Bonchev–Trinajstić information content (AvgIpc) is 2.74. The molecule has 0 heterocycles. The van der Waals surface area contributed by atoms with Gasteiger partial charge >= 0.3 is 0 Å². The van der Waals surface area contributed by atoms with Gasteiger partial charge in [-0.15, -0.1) is 0 Å². The first-order chi connectivity index (χ1) is 14.1. The summed E-state index contributed by atoms with van der Waals surface area (Å²) in [5, 5.41) is 0. The highest BCUT2D eigenvalue weighted by molar-refractivity contribution is 5.98. The van der Waals surface area contributed by atoms with Crippen molar-refractivity contribution >= 4 is 11.8 Å². The molecule has 0 aliphatic heterocycles. The Bertz CT molecular complexity index is 917. The fraction of sp³-hybridized carbons (Fsp3) is 0.167. The number of carbonyl (C=O) groups is 2. The zero-order chi connectivity index (χ0) is 20.6. The van der Waals surface area contributed by atoms with Crippen molar-refractivity contribution in [3.63, 3.8) is 0 Å². The van der Waals surface area contributed by atoms with E-state index in [1.165, 1.54) is 0 Å². The van der Waals surface area contributed by atoms with Gasteiger partial charge in [-0.1, -0.05) is 72.8 Å². The molecule has 0 fully saturated rings. The van der Waals surface area contributed by atoms with E-state index in [1.54, 1.807) is 24.3 Å². The van der Waals surface area contributed by atoms with E-state index in [9.17, 15) is 9.59 Å². The van der Waals surface area contributed by atoms with E-state index >= 15 is 0 Å². The van der Waals surface area contributed by atoms with Gasteiger partial charge in [0.25, 0.3) is 5.91 Å². The number of hydrazine groups is 1. The molecule has 0 unspecified atom stereocenters. The van der Waals surface area contributed by atoms with Crippen LogP contribution in [0, 0.1) is 0 Å². The summed E-state index contributed by atoms with van der Waals surface area (Å²) < 4.78 is 5.69. The molecule has 0 spiro atoms. The van der Waals surface area contributed by atoms with Crippen LogP contribution in [0.3, 0.4) is 0 Å². The zero-order valence-corrected chi connectivity index (χ0v) is 16.5. The second-order valence-electron chi connectivity index (χ2n) is 6.86. The first kappa shape index (κ1) is 20.1. The van der Waals surface area contributed by atoms with Crippen LogP contribution in [0.15, 0.2) is 84.9 Å². The number of para-hydroxylation sites is 1. The Morgan fingerprint density at radius 3 is 1.79 bits per heavy atom. The van der Waals surface area contributed by atoms with Crippen LogP contribution in [-0.4, -0.2) is 17.9 Å². The second-order valence-corrected chi connectivity index (χ2v) is 6.86. The van der Waals surface area contributed by atoms with Crippen LogP contribution >= 0.6 is 0 Å². The van der Waals surface area contributed by atoms with Crippen molar-refractivity contribution in [1.29, 1.82) is 0 Å².